The Morgan fingerprint density at radius 3 is 2.83 bits per heavy atom. The zero-order chi connectivity index (χ0) is 21.5. The molecule has 6 nitrogen and oxygen atoms in total. The maximum Gasteiger partial charge on any atom is 0.266 e. The van der Waals surface area contributed by atoms with Gasteiger partial charge in [-0.1, -0.05) is 29.3 Å². The summed E-state index contributed by atoms with van der Waals surface area (Å²) >= 11 is 12.2. The van der Waals surface area contributed by atoms with E-state index in [-0.39, 0.29) is 12.6 Å². The first-order valence-corrected chi connectivity index (χ1v) is 10.1. The molecule has 0 N–H and O–H groups in total. The molecule has 0 atom stereocenters. The number of hydrogen-bond donors (Lipinski definition) is 0. The molecule has 1 amide bonds. The van der Waals surface area contributed by atoms with E-state index < -0.39 is 0 Å². The lowest BCUT2D eigenvalue weighted by atomic mass is 10.1. The van der Waals surface area contributed by atoms with Crippen molar-refractivity contribution in [3.05, 3.63) is 70.0 Å². The first-order valence-electron chi connectivity index (χ1n) is 9.38. The highest BCUT2D eigenvalue weighted by Crippen LogP contribution is 2.34. The Morgan fingerprint density at radius 1 is 1.27 bits per heavy atom. The van der Waals surface area contributed by atoms with Crippen molar-refractivity contribution in [2.75, 3.05) is 33.7 Å². The number of pyridine rings is 1. The summed E-state index contributed by atoms with van der Waals surface area (Å²) in [6.07, 6.45) is 6.97. The van der Waals surface area contributed by atoms with Crippen molar-refractivity contribution >= 4 is 29.1 Å². The molecule has 0 bridgehead atoms. The molecule has 1 aromatic heterocycles. The topological polar surface area (TPSA) is 60.9 Å². The third kappa shape index (κ3) is 5.21. The summed E-state index contributed by atoms with van der Waals surface area (Å²) in [7, 11) is 1.59. The van der Waals surface area contributed by atoms with Crippen LogP contribution in [0.4, 0.5) is 0 Å². The summed E-state index contributed by atoms with van der Waals surface area (Å²) in [5.41, 5.74) is 2.35. The normalized spacial score (nSPS) is 14.2. The molecule has 0 radical (unpaired) electrons. The van der Waals surface area contributed by atoms with Gasteiger partial charge < -0.3 is 14.2 Å². The summed E-state index contributed by atoms with van der Waals surface area (Å²) in [5, 5.41) is 1.01. The Balaban J connectivity index is 1.86. The third-order valence-corrected chi connectivity index (χ3v) is 4.92. The van der Waals surface area contributed by atoms with Gasteiger partial charge in [0.05, 0.1) is 23.9 Å². The Labute approximate surface area is 185 Å². The minimum absolute atomic E-state index is 0.0676. The summed E-state index contributed by atoms with van der Waals surface area (Å²) in [6.45, 7) is 3.42. The molecule has 0 fully saturated rings. The highest BCUT2D eigenvalue weighted by Gasteiger charge is 2.28. The predicted molar refractivity (Wildman–Crippen MR) is 117 cm³/mol. The van der Waals surface area contributed by atoms with Crippen molar-refractivity contribution in [1.82, 2.24) is 9.88 Å². The number of aromatic nitrogens is 1. The van der Waals surface area contributed by atoms with Gasteiger partial charge in [0, 0.05) is 42.3 Å². The molecule has 0 spiro atoms. The van der Waals surface area contributed by atoms with E-state index >= 15 is 0 Å². The van der Waals surface area contributed by atoms with Gasteiger partial charge in [-0.15, -0.1) is 0 Å². The zero-order valence-corrected chi connectivity index (χ0v) is 18.2. The van der Waals surface area contributed by atoms with Crippen molar-refractivity contribution in [3.8, 4) is 17.0 Å². The number of fused-ring (bicyclic) bond motifs is 1. The molecule has 3 rings (SSSR count). The number of allylic oxidation sites excluding steroid dienone is 1. The van der Waals surface area contributed by atoms with Crippen LogP contribution in [0.25, 0.3) is 11.3 Å². The van der Waals surface area contributed by atoms with Crippen LogP contribution in [0.15, 0.2) is 54.4 Å². The maximum absolute atomic E-state index is 13.1. The average molecular weight is 449 g/mol. The lowest BCUT2D eigenvalue weighted by Crippen LogP contribution is -2.37. The average Bonchev–Trinajstić information content (AvgIpc) is 2.74. The second-order valence-corrected chi connectivity index (χ2v) is 7.19. The second-order valence-electron chi connectivity index (χ2n) is 6.34. The Kier molecular flexibility index (Phi) is 7.87. The van der Waals surface area contributed by atoms with E-state index in [4.69, 9.17) is 37.4 Å². The van der Waals surface area contributed by atoms with Crippen LogP contribution < -0.4 is 4.74 Å². The van der Waals surface area contributed by atoms with Gasteiger partial charge in [-0.05, 0) is 37.3 Å². The number of carbonyl (C=O) groups is 1. The van der Waals surface area contributed by atoms with Crippen molar-refractivity contribution in [2.24, 2.45) is 0 Å². The molecule has 8 heteroatoms. The van der Waals surface area contributed by atoms with Gasteiger partial charge in [-0.2, -0.15) is 0 Å². The molecule has 1 aliphatic heterocycles. The molecule has 1 aromatic carbocycles. The van der Waals surface area contributed by atoms with Gasteiger partial charge >= 0.3 is 0 Å². The van der Waals surface area contributed by atoms with Gasteiger partial charge in [0.1, 0.15) is 11.3 Å². The Bertz CT molecular complexity index is 976. The van der Waals surface area contributed by atoms with E-state index in [0.717, 1.165) is 0 Å². The Hall–Kier alpha value is -2.38. The summed E-state index contributed by atoms with van der Waals surface area (Å²) in [5.74, 6) is 0.248. The van der Waals surface area contributed by atoms with E-state index in [1.807, 2.05) is 25.2 Å². The minimum Gasteiger partial charge on any atom is -0.472 e. The third-order valence-electron chi connectivity index (χ3n) is 4.38. The molecule has 0 aliphatic carbocycles. The van der Waals surface area contributed by atoms with Gasteiger partial charge in [-0.25, -0.2) is 0 Å². The molecule has 1 aliphatic rings. The molecular weight excluding hydrogens is 427 g/mol. The number of halogens is 2. The first kappa shape index (κ1) is 22.3. The van der Waals surface area contributed by atoms with Crippen LogP contribution in [-0.4, -0.2) is 49.5 Å². The Morgan fingerprint density at radius 2 is 2.10 bits per heavy atom. The van der Waals surface area contributed by atoms with E-state index in [1.165, 1.54) is 11.1 Å². The number of carbonyl (C=O) groups excluding carboxylic acids is 1. The highest BCUT2D eigenvalue weighted by atomic mass is 35.5. The van der Waals surface area contributed by atoms with Crippen LogP contribution >= 0.6 is 23.2 Å². The van der Waals surface area contributed by atoms with Crippen LogP contribution in [0.5, 0.6) is 5.75 Å². The molecule has 2 heterocycles. The summed E-state index contributed by atoms with van der Waals surface area (Å²) < 4.78 is 16.3. The van der Waals surface area contributed by atoms with E-state index in [9.17, 15) is 4.79 Å². The lowest BCUT2D eigenvalue weighted by molar-refractivity contribution is 0.0621. The number of nitrogens with zero attached hydrogens (tertiary/aromatic N) is 2. The molecule has 0 saturated heterocycles. The fourth-order valence-corrected chi connectivity index (χ4v) is 3.39. The molecule has 0 saturated carbocycles. The van der Waals surface area contributed by atoms with Gasteiger partial charge in [0.15, 0.2) is 6.73 Å². The number of methoxy groups -OCH3 is 1. The zero-order valence-electron chi connectivity index (χ0n) is 16.7. The fraction of sp³-hybridized carbons (Fsp3) is 0.273. The van der Waals surface area contributed by atoms with E-state index in [1.54, 1.807) is 31.4 Å². The fourth-order valence-electron chi connectivity index (χ4n) is 2.88. The minimum atomic E-state index is -0.207. The van der Waals surface area contributed by atoms with Crippen molar-refractivity contribution in [3.63, 3.8) is 0 Å². The largest absolute Gasteiger partial charge is 0.472 e. The highest BCUT2D eigenvalue weighted by molar-refractivity contribution is 6.36. The first-order chi connectivity index (χ1) is 14.5. The molecule has 0 unspecified atom stereocenters. The molecule has 158 valence electrons. The number of ether oxygens (including phenoxy) is 3. The maximum atomic E-state index is 13.1. The van der Waals surface area contributed by atoms with Gasteiger partial charge in [-0.3, -0.25) is 14.7 Å². The molecular formula is C22H22Cl2N2O4. The van der Waals surface area contributed by atoms with Crippen LogP contribution in [0.2, 0.25) is 10.0 Å². The molecule has 2 aromatic rings. The van der Waals surface area contributed by atoms with E-state index in [2.05, 4.69) is 4.98 Å². The van der Waals surface area contributed by atoms with Crippen LogP contribution in [0.3, 0.4) is 0 Å². The van der Waals surface area contributed by atoms with Crippen LogP contribution in [-0.2, 0) is 9.47 Å². The van der Waals surface area contributed by atoms with Crippen LogP contribution in [0.1, 0.15) is 17.3 Å². The quantitative estimate of drug-likeness (QED) is 0.421. The number of rotatable bonds is 8. The smallest absolute Gasteiger partial charge is 0.266 e. The summed E-state index contributed by atoms with van der Waals surface area (Å²) in [4.78, 5) is 19.0. The number of benzene rings is 1. The predicted octanol–water partition coefficient (Wildman–Crippen LogP) is 4.97. The number of amides is 1. The van der Waals surface area contributed by atoms with Gasteiger partial charge in [0.2, 0.25) is 0 Å². The second kappa shape index (κ2) is 10.6. The van der Waals surface area contributed by atoms with Crippen molar-refractivity contribution in [1.29, 1.82) is 0 Å². The summed E-state index contributed by atoms with van der Waals surface area (Å²) in [6, 6.07) is 6.88. The monoisotopic (exact) mass is 448 g/mol. The molecule has 30 heavy (non-hydrogen) atoms. The standard InChI is InChI=1S/C22H22Cl2N2O4/c1-3-29-9-4-5-16(8-10-28-2)26-14-30-21-12-20(25-13-18(21)22(26)27)17-7-6-15(23)11-19(17)24/h4-8,11-13H,3,9-10,14H2,1-2H3/b5-4-,16-8+. The van der Waals surface area contributed by atoms with Crippen LogP contribution in [0, 0.1) is 0 Å². The van der Waals surface area contributed by atoms with Crippen molar-refractivity contribution in [2.45, 2.75) is 6.92 Å². The van der Waals surface area contributed by atoms with E-state index in [0.29, 0.717) is 58.1 Å². The SMILES string of the molecule is CCOC/C=C\C(=C/COC)N1COc2cc(-c3ccc(Cl)cc3Cl)ncc2C1=O. The van der Waals surface area contributed by atoms with Crippen molar-refractivity contribution < 1.29 is 19.0 Å². The van der Waals surface area contributed by atoms with Gasteiger partial charge in [0.25, 0.3) is 5.91 Å². The number of hydrogen-bond acceptors (Lipinski definition) is 5. The lowest BCUT2D eigenvalue weighted by Gasteiger charge is -2.29.